The molecule has 0 unspecified atom stereocenters. The molecule has 1 amide bonds. The standard InChI is InChI=1S/C18H23N5O2.2ClH/c19-12-2-1-3-17(24)22-13-4-8-15(9-5-13)25-16-10-6-14(7-11-16)23-18(20)21;;/h4-11H,1-3,12,19H2,(H,22,24)(H4,20,21,23);2*1H. The lowest BCUT2D eigenvalue weighted by atomic mass is 10.2. The van der Waals surface area contributed by atoms with Gasteiger partial charge < -0.3 is 27.3 Å². The van der Waals surface area contributed by atoms with E-state index in [1.807, 2.05) is 0 Å². The fourth-order valence-electron chi connectivity index (χ4n) is 2.13. The molecule has 7 nitrogen and oxygen atoms in total. The first-order valence-corrected chi connectivity index (χ1v) is 8.04. The number of carbonyl (C=O) groups excluding carboxylic acids is 1. The number of carbonyl (C=O) groups is 1. The first-order chi connectivity index (χ1) is 12.1. The van der Waals surface area contributed by atoms with Crippen LogP contribution in [0.1, 0.15) is 19.3 Å². The van der Waals surface area contributed by atoms with Gasteiger partial charge in [0.15, 0.2) is 5.96 Å². The summed E-state index contributed by atoms with van der Waals surface area (Å²) < 4.78 is 5.74. The molecule has 7 N–H and O–H groups in total. The number of hydrogen-bond donors (Lipinski definition) is 4. The topological polar surface area (TPSA) is 129 Å². The van der Waals surface area contributed by atoms with Crippen molar-refractivity contribution in [3.63, 3.8) is 0 Å². The van der Waals surface area contributed by atoms with E-state index in [0.29, 0.717) is 30.2 Å². The number of nitrogens with two attached hydrogens (primary N) is 3. The summed E-state index contributed by atoms with van der Waals surface area (Å²) in [5.74, 6) is 1.32. The summed E-state index contributed by atoms with van der Waals surface area (Å²) in [7, 11) is 0. The maximum Gasteiger partial charge on any atom is 0.224 e. The van der Waals surface area contributed by atoms with Gasteiger partial charge in [-0.2, -0.15) is 0 Å². The molecule has 0 heterocycles. The van der Waals surface area contributed by atoms with Crippen LogP contribution in [0.2, 0.25) is 0 Å². The maximum absolute atomic E-state index is 11.8. The van der Waals surface area contributed by atoms with Gasteiger partial charge in [0.05, 0.1) is 5.69 Å². The molecule has 148 valence electrons. The van der Waals surface area contributed by atoms with E-state index in [-0.39, 0.29) is 36.7 Å². The number of unbranched alkanes of at least 4 members (excludes halogenated alkanes) is 1. The van der Waals surface area contributed by atoms with E-state index < -0.39 is 0 Å². The molecule has 0 atom stereocenters. The van der Waals surface area contributed by atoms with Crippen molar-refractivity contribution >= 4 is 48.1 Å². The van der Waals surface area contributed by atoms with Crippen LogP contribution in [0.5, 0.6) is 11.5 Å². The molecule has 27 heavy (non-hydrogen) atoms. The van der Waals surface area contributed by atoms with Gasteiger partial charge in [-0.1, -0.05) is 0 Å². The summed E-state index contributed by atoms with van der Waals surface area (Å²) in [6, 6.07) is 14.2. The zero-order valence-corrected chi connectivity index (χ0v) is 16.4. The Morgan fingerprint density at radius 1 is 0.926 bits per heavy atom. The van der Waals surface area contributed by atoms with Crippen LogP contribution in [0, 0.1) is 0 Å². The zero-order valence-electron chi connectivity index (χ0n) is 14.8. The average Bonchev–Trinajstić information content (AvgIpc) is 2.58. The third-order valence-corrected chi connectivity index (χ3v) is 3.33. The van der Waals surface area contributed by atoms with Crippen LogP contribution in [-0.2, 0) is 4.79 Å². The first-order valence-electron chi connectivity index (χ1n) is 8.04. The van der Waals surface area contributed by atoms with Gasteiger partial charge in [0.2, 0.25) is 5.91 Å². The molecule has 2 aromatic carbocycles. The van der Waals surface area contributed by atoms with E-state index in [2.05, 4.69) is 10.3 Å². The number of rotatable bonds is 8. The predicted molar refractivity (Wildman–Crippen MR) is 114 cm³/mol. The molecule has 2 aromatic rings. The fraction of sp³-hybridized carbons (Fsp3) is 0.222. The lowest BCUT2D eigenvalue weighted by molar-refractivity contribution is -0.116. The minimum Gasteiger partial charge on any atom is -0.457 e. The number of anilines is 1. The minimum atomic E-state index is -0.0163. The molecule has 0 aliphatic heterocycles. The smallest absolute Gasteiger partial charge is 0.224 e. The number of halogens is 2. The molecule has 9 heteroatoms. The molecular formula is C18H25Cl2N5O2. The highest BCUT2D eigenvalue weighted by Gasteiger charge is 2.03. The third kappa shape index (κ3) is 9.14. The highest BCUT2D eigenvalue weighted by Crippen LogP contribution is 2.25. The van der Waals surface area contributed by atoms with Crippen LogP contribution in [0.25, 0.3) is 0 Å². The Morgan fingerprint density at radius 2 is 1.48 bits per heavy atom. The molecule has 0 saturated heterocycles. The van der Waals surface area contributed by atoms with Crippen molar-refractivity contribution in [3.8, 4) is 11.5 Å². The third-order valence-electron chi connectivity index (χ3n) is 3.33. The molecule has 0 radical (unpaired) electrons. The Hall–Kier alpha value is -2.48. The second-order valence-electron chi connectivity index (χ2n) is 5.45. The molecule has 0 aliphatic carbocycles. The van der Waals surface area contributed by atoms with Crippen molar-refractivity contribution in [2.24, 2.45) is 22.2 Å². The Bertz CT molecular complexity index is 718. The number of benzene rings is 2. The van der Waals surface area contributed by atoms with Crippen LogP contribution in [-0.4, -0.2) is 18.4 Å². The van der Waals surface area contributed by atoms with Crippen molar-refractivity contribution in [1.29, 1.82) is 0 Å². The summed E-state index contributed by atoms with van der Waals surface area (Å²) in [6.45, 7) is 0.603. The summed E-state index contributed by atoms with van der Waals surface area (Å²) in [5, 5.41) is 2.84. The largest absolute Gasteiger partial charge is 0.457 e. The van der Waals surface area contributed by atoms with Crippen LogP contribution >= 0.6 is 24.8 Å². The van der Waals surface area contributed by atoms with Crippen LogP contribution in [0.3, 0.4) is 0 Å². The summed E-state index contributed by atoms with van der Waals surface area (Å²) in [6.07, 6.45) is 2.11. The molecule has 0 bridgehead atoms. The van der Waals surface area contributed by atoms with Crippen LogP contribution in [0.15, 0.2) is 53.5 Å². The van der Waals surface area contributed by atoms with Crippen molar-refractivity contribution < 1.29 is 9.53 Å². The number of aliphatic imine (C=N–C) groups is 1. The van der Waals surface area contributed by atoms with Crippen molar-refractivity contribution in [1.82, 2.24) is 0 Å². The van der Waals surface area contributed by atoms with Gasteiger partial charge in [0.25, 0.3) is 0 Å². The van der Waals surface area contributed by atoms with Gasteiger partial charge in [-0.25, -0.2) is 4.99 Å². The second-order valence-corrected chi connectivity index (χ2v) is 5.45. The predicted octanol–water partition coefficient (Wildman–Crippen LogP) is 3.29. The van der Waals surface area contributed by atoms with E-state index in [1.54, 1.807) is 48.5 Å². The van der Waals surface area contributed by atoms with Gasteiger partial charge in [-0.3, -0.25) is 4.79 Å². The van der Waals surface area contributed by atoms with Gasteiger partial charge in [-0.15, -0.1) is 24.8 Å². The summed E-state index contributed by atoms with van der Waals surface area (Å²) in [5.41, 5.74) is 17.5. The minimum absolute atomic E-state index is 0. The molecule has 0 saturated carbocycles. The van der Waals surface area contributed by atoms with E-state index >= 15 is 0 Å². The quantitative estimate of drug-likeness (QED) is 0.299. The highest BCUT2D eigenvalue weighted by molar-refractivity contribution is 5.90. The number of ether oxygens (including phenoxy) is 1. The molecule has 0 fully saturated rings. The number of nitrogens with zero attached hydrogens (tertiary/aromatic N) is 1. The molecule has 0 aliphatic rings. The lowest BCUT2D eigenvalue weighted by Gasteiger charge is -2.08. The monoisotopic (exact) mass is 413 g/mol. The summed E-state index contributed by atoms with van der Waals surface area (Å²) >= 11 is 0. The van der Waals surface area contributed by atoms with Crippen LogP contribution in [0.4, 0.5) is 11.4 Å². The van der Waals surface area contributed by atoms with E-state index in [9.17, 15) is 4.79 Å². The number of nitrogens with one attached hydrogen (secondary N) is 1. The van der Waals surface area contributed by atoms with Crippen molar-refractivity contribution in [2.45, 2.75) is 19.3 Å². The molecular weight excluding hydrogens is 389 g/mol. The summed E-state index contributed by atoms with van der Waals surface area (Å²) in [4.78, 5) is 15.7. The van der Waals surface area contributed by atoms with Gasteiger partial charge >= 0.3 is 0 Å². The van der Waals surface area contributed by atoms with Crippen molar-refractivity contribution in [2.75, 3.05) is 11.9 Å². The average molecular weight is 414 g/mol. The van der Waals surface area contributed by atoms with Crippen molar-refractivity contribution in [3.05, 3.63) is 48.5 Å². The van der Waals surface area contributed by atoms with Gasteiger partial charge in [-0.05, 0) is 67.9 Å². The molecule has 2 rings (SSSR count). The fourth-order valence-corrected chi connectivity index (χ4v) is 2.13. The highest BCUT2D eigenvalue weighted by atomic mass is 35.5. The Labute approximate surface area is 171 Å². The van der Waals surface area contributed by atoms with E-state index in [1.165, 1.54) is 0 Å². The number of amides is 1. The lowest BCUT2D eigenvalue weighted by Crippen LogP contribution is -2.21. The first kappa shape index (κ1) is 24.5. The Balaban J connectivity index is 0.00000338. The number of hydrogen-bond acceptors (Lipinski definition) is 4. The van der Waals surface area contributed by atoms with Crippen LogP contribution < -0.4 is 27.3 Å². The number of guanidine groups is 1. The Morgan fingerprint density at radius 3 is 2.00 bits per heavy atom. The van der Waals surface area contributed by atoms with E-state index in [0.717, 1.165) is 18.5 Å². The van der Waals surface area contributed by atoms with E-state index in [4.69, 9.17) is 21.9 Å². The zero-order chi connectivity index (χ0) is 18.1. The second kappa shape index (κ2) is 12.8. The van der Waals surface area contributed by atoms with Gasteiger partial charge in [0.1, 0.15) is 11.5 Å². The Kier molecular flexibility index (Phi) is 11.6. The maximum atomic E-state index is 11.8. The van der Waals surface area contributed by atoms with Gasteiger partial charge in [0, 0.05) is 12.1 Å². The molecule has 0 aromatic heterocycles. The molecule has 0 spiro atoms. The SMILES string of the molecule is Cl.Cl.NCCCCC(=O)Nc1ccc(Oc2ccc(N=C(N)N)cc2)cc1. The normalized spacial score (nSPS) is 9.37.